The van der Waals surface area contributed by atoms with Crippen LogP contribution in [0.5, 0.6) is 0 Å². The number of fused-ring (bicyclic) bond motifs is 1. The van der Waals surface area contributed by atoms with Gasteiger partial charge in [-0.1, -0.05) is 6.58 Å². The van der Waals surface area contributed by atoms with Crippen LogP contribution in [0.1, 0.15) is 30.9 Å². The van der Waals surface area contributed by atoms with E-state index in [4.69, 9.17) is 0 Å². The number of rotatable bonds is 6. The largest absolute Gasteiger partial charge is 0.269 e. The van der Waals surface area contributed by atoms with Crippen LogP contribution in [0.25, 0.3) is 10.9 Å². The Morgan fingerprint density at radius 2 is 1.87 bits per heavy atom. The van der Waals surface area contributed by atoms with Gasteiger partial charge in [0.05, 0.1) is 17.8 Å². The minimum absolute atomic E-state index is 0.320. The number of carbonyl (C=O) groups is 1. The zero-order valence-corrected chi connectivity index (χ0v) is 16.1. The maximum Gasteiger partial charge on any atom is 0.269 e. The molecule has 0 fully saturated rings. The lowest BCUT2D eigenvalue weighted by atomic mass is 10.0. The van der Waals surface area contributed by atoms with Crippen molar-refractivity contribution in [3.8, 4) is 0 Å². The number of carbonyl (C=O) groups excluding carboxylic acids is 1. The minimum atomic E-state index is -0.700. The van der Waals surface area contributed by atoms with E-state index in [-0.39, 0.29) is 11.7 Å². The fourth-order valence-corrected chi connectivity index (χ4v) is 3.60. The second-order valence-electron chi connectivity index (χ2n) is 7.18. The zero-order chi connectivity index (χ0) is 21.3. The van der Waals surface area contributed by atoms with Crippen LogP contribution in [-0.4, -0.2) is 26.9 Å². The molecule has 8 heteroatoms. The Morgan fingerprint density at radius 3 is 2.63 bits per heavy atom. The zero-order valence-electron chi connectivity index (χ0n) is 16.1. The normalized spacial score (nSPS) is 15.8. The minimum Gasteiger partial charge on any atom is -0.268 e. The molecule has 3 aromatic rings. The average Bonchev–Trinajstić information content (AvgIpc) is 3.33. The summed E-state index contributed by atoms with van der Waals surface area (Å²) >= 11 is 0. The van der Waals surface area contributed by atoms with Crippen LogP contribution in [0.15, 0.2) is 59.8 Å². The quantitative estimate of drug-likeness (QED) is 0.549. The Balaban J connectivity index is 1.39. The molecule has 0 N–H and O–H groups in total. The Labute approximate surface area is 171 Å². The van der Waals surface area contributed by atoms with E-state index in [2.05, 4.69) is 16.8 Å². The number of amides is 1. The third-order valence-corrected chi connectivity index (χ3v) is 5.06. The molecule has 1 unspecified atom stereocenters. The fraction of sp³-hybridized carbons (Fsp3) is 0.227. The van der Waals surface area contributed by atoms with Crippen LogP contribution in [0.4, 0.5) is 13.2 Å². The van der Waals surface area contributed by atoms with Crippen LogP contribution in [0.2, 0.25) is 0 Å². The van der Waals surface area contributed by atoms with E-state index >= 15 is 0 Å². The van der Waals surface area contributed by atoms with Gasteiger partial charge in [-0.2, -0.15) is 10.2 Å². The molecule has 30 heavy (non-hydrogen) atoms. The highest BCUT2D eigenvalue weighted by Gasteiger charge is 2.30. The summed E-state index contributed by atoms with van der Waals surface area (Å²) in [5, 5.41) is 10.3. The number of halogens is 3. The van der Waals surface area contributed by atoms with Crippen molar-refractivity contribution in [1.82, 2.24) is 14.8 Å². The lowest BCUT2D eigenvalue weighted by Gasteiger charge is -2.23. The predicted octanol–water partition coefficient (Wildman–Crippen LogP) is 4.75. The van der Waals surface area contributed by atoms with Crippen LogP contribution < -0.4 is 0 Å². The molecule has 2 aromatic carbocycles. The van der Waals surface area contributed by atoms with Gasteiger partial charge in [-0.05, 0) is 48.7 Å². The van der Waals surface area contributed by atoms with E-state index in [1.807, 2.05) is 0 Å². The van der Waals surface area contributed by atoms with Crippen LogP contribution in [-0.2, 0) is 11.3 Å². The molecule has 1 aliphatic rings. The van der Waals surface area contributed by atoms with E-state index in [9.17, 15) is 18.0 Å². The number of nitrogens with zero attached hydrogens (tertiary/aromatic N) is 4. The second kappa shape index (κ2) is 8.14. The molecule has 0 saturated heterocycles. The molecule has 0 bridgehead atoms. The lowest BCUT2D eigenvalue weighted by Crippen LogP contribution is -2.28. The SMILES string of the molecule is C=C(CCCn1ncc2cc(F)ccc21)C(=O)N1N=CCC1c1cc(F)cc(F)c1. The highest BCUT2D eigenvalue weighted by molar-refractivity contribution is 5.94. The third-order valence-electron chi connectivity index (χ3n) is 5.06. The van der Waals surface area contributed by atoms with Gasteiger partial charge >= 0.3 is 0 Å². The highest BCUT2D eigenvalue weighted by Crippen LogP contribution is 2.31. The van der Waals surface area contributed by atoms with Crippen LogP contribution in [0.3, 0.4) is 0 Å². The second-order valence-corrected chi connectivity index (χ2v) is 7.18. The van der Waals surface area contributed by atoms with Gasteiger partial charge in [0.1, 0.15) is 17.5 Å². The molecule has 1 aromatic heterocycles. The first kappa shape index (κ1) is 19.9. The van der Waals surface area contributed by atoms with Gasteiger partial charge in [0, 0.05) is 36.2 Å². The standard InChI is InChI=1S/C22H19F3N4O/c1-14(3-2-8-28-20-5-4-17(23)11-16(20)13-27-28)22(30)29-21(6-7-26-29)15-9-18(24)12-19(25)10-15/h4-5,7,9-13,21H,1-3,6,8H2. The van der Waals surface area contributed by atoms with E-state index in [0.29, 0.717) is 42.3 Å². The van der Waals surface area contributed by atoms with Crippen molar-refractivity contribution in [3.63, 3.8) is 0 Å². The number of hydrogen-bond donors (Lipinski definition) is 0. The number of benzene rings is 2. The lowest BCUT2D eigenvalue weighted by molar-refractivity contribution is -0.129. The van der Waals surface area contributed by atoms with E-state index in [1.165, 1.54) is 29.3 Å². The fourth-order valence-electron chi connectivity index (χ4n) is 3.60. The van der Waals surface area contributed by atoms with Crippen molar-refractivity contribution in [2.75, 3.05) is 0 Å². The monoisotopic (exact) mass is 412 g/mol. The summed E-state index contributed by atoms with van der Waals surface area (Å²) in [7, 11) is 0. The predicted molar refractivity (Wildman–Crippen MR) is 107 cm³/mol. The number of aromatic nitrogens is 2. The molecule has 0 radical (unpaired) electrons. The van der Waals surface area contributed by atoms with Gasteiger partial charge in [0.25, 0.3) is 5.91 Å². The van der Waals surface area contributed by atoms with Gasteiger partial charge < -0.3 is 0 Å². The summed E-state index contributed by atoms with van der Waals surface area (Å²) < 4.78 is 42.2. The molecule has 4 rings (SSSR count). The van der Waals surface area contributed by atoms with E-state index < -0.39 is 17.7 Å². The molecule has 0 aliphatic carbocycles. The Morgan fingerprint density at radius 1 is 1.10 bits per heavy atom. The molecule has 1 atom stereocenters. The molecule has 1 amide bonds. The Bertz CT molecular complexity index is 1130. The van der Waals surface area contributed by atoms with Crippen LogP contribution in [0, 0.1) is 17.5 Å². The molecule has 154 valence electrons. The molecule has 2 heterocycles. The summed E-state index contributed by atoms with van der Waals surface area (Å²) in [6.45, 7) is 4.39. The number of hydrogen-bond acceptors (Lipinski definition) is 3. The Hall–Kier alpha value is -3.42. The summed E-state index contributed by atoms with van der Waals surface area (Å²) in [6.07, 6.45) is 4.51. The third kappa shape index (κ3) is 3.98. The highest BCUT2D eigenvalue weighted by atomic mass is 19.1. The van der Waals surface area contributed by atoms with Crippen LogP contribution >= 0.6 is 0 Å². The molecule has 0 saturated carbocycles. The first-order valence-electron chi connectivity index (χ1n) is 9.53. The maximum atomic E-state index is 13.6. The summed E-state index contributed by atoms with van der Waals surface area (Å²) in [6, 6.07) is 7.10. The van der Waals surface area contributed by atoms with Gasteiger partial charge in [-0.25, -0.2) is 18.2 Å². The Kier molecular flexibility index (Phi) is 5.39. The average molecular weight is 412 g/mol. The summed E-state index contributed by atoms with van der Waals surface area (Å²) in [5.41, 5.74) is 1.51. The van der Waals surface area contributed by atoms with Crippen molar-refractivity contribution >= 4 is 23.0 Å². The first-order valence-corrected chi connectivity index (χ1v) is 9.53. The van der Waals surface area contributed by atoms with Gasteiger partial charge in [0.15, 0.2) is 0 Å². The van der Waals surface area contributed by atoms with Gasteiger partial charge in [0.2, 0.25) is 0 Å². The number of aryl methyl sites for hydroxylation is 1. The topological polar surface area (TPSA) is 50.5 Å². The van der Waals surface area contributed by atoms with Crippen molar-refractivity contribution < 1.29 is 18.0 Å². The molecular formula is C22H19F3N4O. The molecule has 0 spiro atoms. The van der Waals surface area contributed by atoms with Crippen molar-refractivity contribution in [1.29, 1.82) is 0 Å². The molecule has 1 aliphatic heterocycles. The van der Waals surface area contributed by atoms with Crippen molar-refractivity contribution in [3.05, 3.63) is 77.8 Å². The van der Waals surface area contributed by atoms with Crippen molar-refractivity contribution in [2.24, 2.45) is 5.10 Å². The van der Waals surface area contributed by atoms with Gasteiger partial charge in [-0.3, -0.25) is 9.48 Å². The molecular weight excluding hydrogens is 393 g/mol. The maximum absolute atomic E-state index is 13.6. The summed E-state index contributed by atoms with van der Waals surface area (Å²) in [5.74, 6) is -2.10. The van der Waals surface area contributed by atoms with E-state index in [1.54, 1.807) is 23.2 Å². The van der Waals surface area contributed by atoms with Crippen molar-refractivity contribution in [2.45, 2.75) is 31.8 Å². The first-order chi connectivity index (χ1) is 14.4. The van der Waals surface area contributed by atoms with E-state index in [0.717, 1.165) is 11.6 Å². The number of hydrazone groups is 1. The van der Waals surface area contributed by atoms with Gasteiger partial charge in [-0.15, -0.1) is 0 Å². The molecule has 5 nitrogen and oxygen atoms in total. The smallest absolute Gasteiger partial charge is 0.268 e. The summed E-state index contributed by atoms with van der Waals surface area (Å²) in [4.78, 5) is 12.8.